The number of fused-ring (bicyclic) bond motifs is 1. The lowest BCUT2D eigenvalue weighted by Gasteiger charge is -2.10. The van der Waals surface area contributed by atoms with Gasteiger partial charge >= 0.3 is 0 Å². The second-order valence-corrected chi connectivity index (χ2v) is 2.92. The minimum atomic E-state index is 1.10. The first kappa shape index (κ1) is 7.41. The summed E-state index contributed by atoms with van der Waals surface area (Å²) in [6, 6.07) is 8.33. The molecule has 0 bridgehead atoms. The molecule has 1 aliphatic rings. The van der Waals surface area contributed by atoms with E-state index in [4.69, 9.17) is 0 Å². The average molecular weight is 158 g/mol. The molecule has 0 saturated carbocycles. The summed E-state index contributed by atoms with van der Waals surface area (Å²) in [6.07, 6.45) is 6.62. The van der Waals surface area contributed by atoms with Gasteiger partial charge in [0.05, 0.1) is 0 Å². The van der Waals surface area contributed by atoms with Crippen molar-refractivity contribution in [3.63, 3.8) is 0 Å². The zero-order chi connectivity index (χ0) is 8.23. The van der Waals surface area contributed by atoms with Gasteiger partial charge in [-0.05, 0) is 24.5 Å². The molecule has 61 valence electrons. The normalized spacial score (nSPS) is 15.7. The first-order valence-corrected chi connectivity index (χ1v) is 4.30. The molecule has 0 aliphatic carbocycles. The lowest BCUT2D eigenvalue weighted by atomic mass is 10.1. The number of hydrogen-bond donors (Lipinski definition) is 1. The topological polar surface area (TPSA) is 12.0 Å². The van der Waals surface area contributed by atoms with Gasteiger partial charge in [0.25, 0.3) is 0 Å². The van der Waals surface area contributed by atoms with E-state index in [-0.39, 0.29) is 0 Å². The van der Waals surface area contributed by atoms with Crippen molar-refractivity contribution in [3.05, 3.63) is 42.4 Å². The van der Waals surface area contributed by atoms with E-state index in [9.17, 15) is 0 Å². The maximum absolute atomic E-state index is 3.29. The molecule has 1 heterocycles. The van der Waals surface area contributed by atoms with E-state index >= 15 is 0 Å². The summed E-state index contributed by atoms with van der Waals surface area (Å²) in [5, 5.41) is 3.29. The monoisotopic (exact) mass is 158 g/mol. The maximum atomic E-state index is 3.29. The molecule has 2 rings (SSSR count). The van der Waals surface area contributed by atoms with Crippen LogP contribution >= 0.6 is 0 Å². The summed E-state index contributed by atoms with van der Waals surface area (Å²) in [4.78, 5) is 0. The number of para-hydroxylation sites is 1. The van der Waals surface area contributed by atoms with Crippen LogP contribution in [0.5, 0.6) is 0 Å². The highest BCUT2D eigenvalue weighted by Crippen LogP contribution is 2.19. The highest BCUT2D eigenvalue weighted by Gasteiger charge is 1.99. The number of allylic oxidation sites excluding steroid dienone is 1. The van der Waals surface area contributed by atoms with Gasteiger partial charge in [0.1, 0.15) is 0 Å². The van der Waals surface area contributed by atoms with E-state index in [1.165, 1.54) is 11.3 Å². The molecule has 1 radical (unpaired) electrons. The van der Waals surface area contributed by atoms with Gasteiger partial charge in [-0.1, -0.05) is 30.4 Å². The SMILES string of the molecule is [CH]1CCC=Cc2ccccc2N1. The molecule has 1 aliphatic heterocycles. The third-order valence-electron chi connectivity index (χ3n) is 1.99. The zero-order valence-corrected chi connectivity index (χ0v) is 6.96. The Labute approximate surface area is 73.1 Å². The summed E-state index contributed by atoms with van der Waals surface area (Å²) >= 11 is 0. The van der Waals surface area contributed by atoms with Crippen molar-refractivity contribution in [2.45, 2.75) is 12.8 Å². The number of benzene rings is 1. The zero-order valence-electron chi connectivity index (χ0n) is 6.96. The molecule has 1 aromatic rings. The van der Waals surface area contributed by atoms with Crippen molar-refractivity contribution in [3.8, 4) is 0 Å². The van der Waals surface area contributed by atoms with Crippen molar-refractivity contribution >= 4 is 11.8 Å². The van der Waals surface area contributed by atoms with Crippen molar-refractivity contribution in [1.29, 1.82) is 0 Å². The number of nitrogens with one attached hydrogen (secondary N) is 1. The van der Waals surface area contributed by atoms with E-state index in [0.29, 0.717) is 0 Å². The van der Waals surface area contributed by atoms with Crippen LogP contribution in [0.15, 0.2) is 30.3 Å². The number of hydrogen-bond acceptors (Lipinski definition) is 1. The minimum Gasteiger partial charge on any atom is -0.380 e. The second-order valence-electron chi connectivity index (χ2n) is 2.92. The summed E-state index contributed by atoms with van der Waals surface area (Å²) < 4.78 is 0. The van der Waals surface area contributed by atoms with Crippen LogP contribution in [0.25, 0.3) is 6.08 Å². The van der Waals surface area contributed by atoms with Crippen LogP contribution in [0.4, 0.5) is 5.69 Å². The van der Waals surface area contributed by atoms with E-state index < -0.39 is 0 Å². The molecule has 1 aromatic carbocycles. The van der Waals surface area contributed by atoms with Crippen molar-refractivity contribution < 1.29 is 0 Å². The minimum absolute atomic E-state index is 1.10. The second kappa shape index (κ2) is 3.44. The predicted octanol–water partition coefficient (Wildman–Crippen LogP) is 3.07. The standard InChI is InChI=1S/C11H12N/c1-2-6-10-7-3-4-8-11(10)12-9-5-1/h2-4,6-9,12H,1,5H2. The van der Waals surface area contributed by atoms with Crippen LogP contribution in [0.2, 0.25) is 0 Å². The Morgan fingerprint density at radius 2 is 2.00 bits per heavy atom. The molecule has 0 amide bonds. The Kier molecular flexibility index (Phi) is 2.12. The largest absolute Gasteiger partial charge is 0.380 e. The molecule has 0 unspecified atom stereocenters. The van der Waals surface area contributed by atoms with E-state index in [0.717, 1.165) is 12.8 Å². The first-order valence-electron chi connectivity index (χ1n) is 4.30. The van der Waals surface area contributed by atoms with Crippen molar-refractivity contribution in [1.82, 2.24) is 0 Å². The van der Waals surface area contributed by atoms with Gasteiger partial charge in [-0.25, -0.2) is 0 Å². The molecular formula is C11H12N. The van der Waals surface area contributed by atoms with Gasteiger partial charge in [-0.2, -0.15) is 0 Å². The molecule has 0 spiro atoms. The van der Waals surface area contributed by atoms with Crippen molar-refractivity contribution in [2.75, 3.05) is 5.32 Å². The summed E-state index contributed by atoms with van der Waals surface area (Å²) in [5.41, 5.74) is 2.47. The lowest BCUT2D eigenvalue weighted by molar-refractivity contribution is 0.977. The molecule has 1 N–H and O–H groups in total. The molecule has 12 heavy (non-hydrogen) atoms. The van der Waals surface area contributed by atoms with Gasteiger partial charge in [0.2, 0.25) is 0 Å². The van der Waals surface area contributed by atoms with Gasteiger partial charge in [0, 0.05) is 12.2 Å². The number of anilines is 1. The Bertz CT molecular complexity index is 289. The highest BCUT2D eigenvalue weighted by atomic mass is 14.9. The fraction of sp³-hybridized carbons (Fsp3) is 0.182. The van der Waals surface area contributed by atoms with Crippen LogP contribution in [0, 0.1) is 6.54 Å². The predicted molar refractivity (Wildman–Crippen MR) is 52.6 cm³/mol. The summed E-state index contributed by atoms with van der Waals surface area (Å²) in [6.45, 7) is 2.11. The van der Waals surface area contributed by atoms with Crippen molar-refractivity contribution in [2.24, 2.45) is 0 Å². The van der Waals surface area contributed by atoms with Crippen LogP contribution in [0.3, 0.4) is 0 Å². The molecule has 0 atom stereocenters. The van der Waals surface area contributed by atoms with Gasteiger partial charge in [-0.3, -0.25) is 0 Å². The van der Waals surface area contributed by atoms with Gasteiger partial charge in [-0.15, -0.1) is 0 Å². The fourth-order valence-electron chi connectivity index (χ4n) is 1.35. The lowest BCUT2D eigenvalue weighted by Crippen LogP contribution is -1.97. The molecule has 0 saturated heterocycles. The highest BCUT2D eigenvalue weighted by molar-refractivity contribution is 5.67. The Morgan fingerprint density at radius 1 is 1.08 bits per heavy atom. The Morgan fingerprint density at radius 3 is 3.00 bits per heavy atom. The maximum Gasteiger partial charge on any atom is 0.0466 e. The smallest absolute Gasteiger partial charge is 0.0466 e. The third-order valence-corrected chi connectivity index (χ3v) is 1.99. The Hall–Kier alpha value is -1.24. The summed E-state index contributed by atoms with van der Waals surface area (Å²) in [7, 11) is 0. The quantitative estimate of drug-likeness (QED) is 0.611. The fourth-order valence-corrected chi connectivity index (χ4v) is 1.35. The van der Waals surface area contributed by atoms with Crippen LogP contribution in [-0.4, -0.2) is 0 Å². The molecule has 1 heteroatoms. The van der Waals surface area contributed by atoms with Crippen LogP contribution < -0.4 is 5.32 Å². The molecule has 0 aromatic heterocycles. The van der Waals surface area contributed by atoms with E-state index in [1.807, 2.05) is 0 Å². The molecular weight excluding hydrogens is 146 g/mol. The average Bonchev–Trinajstić information content (AvgIpc) is 2.06. The third kappa shape index (κ3) is 1.50. The van der Waals surface area contributed by atoms with Gasteiger partial charge < -0.3 is 5.32 Å². The summed E-state index contributed by atoms with van der Waals surface area (Å²) in [5.74, 6) is 0. The van der Waals surface area contributed by atoms with Gasteiger partial charge in [0.15, 0.2) is 0 Å². The van der Waals surface area contributed by atoms with Crippen LogP contribution in [0.1, 0.15) is 18.4 Å². The molecule has 0 fully saturated rings. The van der Waals surface area contributed by atoms with Crippen LogP contribution in [-0.2, 0) is 0 Å². The first-order chi connectivity index (χ1) is 5.97. The Balaban J connectivity index is 2.36. The van der Waals surface area contributed by atoms with E-state index in [1.54, 1.807) is 0 Å². The van der Waals surface area contributed by atoms with E-state index in [2.05, 4.69) is 48.3 Å². The number of rotatable bonds is 0. The molecule has 1 nitrogen and oxygen atoms in total.